The van der Waals surface area contributed by atoms with E-state index in [1.54, 1.807) is 36.4 Å². The maximum absolute atomic E-state index is 12.0. The van der Waals surface area contributed by atoms with E-state index < -0.39 is 5.97 Å². The second-order valence-electron chi connectivity index (χ2n) is 4.84. The molecule has 0 aromatic heterocycles. The highest BCUT2D eigenvalue weighted by Crippen LogP contribution is 2.11. The summed E-state index contributed by atoms with van der Waals surface area (Å²) in [7, 11) is 0. The lowest BCUT2D eigenvalue weighted by Gasteiger charge is -2.03. The van der Waals surface area contributed by atoms with Crippen molar-refractivity contribution in [1.82, 2.24) is 0 Å². The zero-order chi connectivity index (χ0) is 16.5. The molecule has 4 nitrogen and oxygen atoms in total. The van der Waals surface area contributed by atoms with E-state index >= 15 is 0 Å². The van der Waals surface area contributed by atoms with E-state index in [2.05, 4.69) is 21.1 Å². The van der Waals surface area contributed by atoms with Crippen molar-refractivity contribution in [3.05, 3.63) is 71.8 Å². The van der Waals surface area contributed by atoms with Gasteiger partial charge in [0.25, 0.3) is 0 Å². The molecule has 23 heavy (non-hydrogen) atoms. The van der Waals surface area contributed by atoms with Gasteiger partial charge in [-0.15, -0.1) is 0 Å². The van der Waals surface area contributed by atoms with Crippen molar-refractivity contribution < 1.29 is 14.4 Å². The maximum Gasteiger partial charge on any atom is 0.365 e. The molecule has 0 radical (unpaired) electrons. The van der Waals surface area contributed by atoms with E-state index in [-0.39, 0.29) is 10.6 Å². The minimum Gasteiger partial charge on any atom is -0.313 e. The first-order chi connectivity index (χ1) is 11.2. The molecule has 0 spiro atoms. The molecule has 0 aliphatic heterocycles. The molecule has 0 N–H and O–H groups in total. The van der Waals surface area contributed by atoms with Gasteiger partial charge in [-0.25, -0.2) is 4.79 Å². The van der Waals surface area contributed by atoms with Crippen molar-refractivity contribution in [3.63, 3.8) is 0 Å². The second kappa shape index (κ2) is 9.00. The van der Waals surface area contributed by atoms with Crippen molar-refractivity contribution in [3.8, 4) is 0 Å². The number of carbonyl (C=O) groups is 2. The summed E-state index contributed by atoms with van der Waals surface area (Å²) < 4.78 is 0. The molecule has 2 aromatic rings. The molecule has 0 aliphatic carbocycles. The third-order valence-electron chi connectivity index (χ3n) is 3.11. The summed E-state index contributed by atoms with van der Waals surface area (Å²) in [6.45, 7) is 0. The molecule has 118 valence electrons. The average Bonchev–Trinajstić information content (AvgIpc) is 2.61. The van der Waals surface area contributed by atoms with E-state index in [1.807, 2.05) is 24.3 Å². The van der Waals surface area contributed by atoms with E-state index in [0.717, 1.165) is 0 Å². The molecular formula is C18H16BrNO3. The number of rotatable bonds is 7. The molecule has 0 fully saturated rings. The van der Waals surface area contributed by atoms with Crippen molar-refractivity contribution in [1.29, 1.82) is 0 Å². The molecule has 2 aromatic carbocycles. The molecule has 5 heteroatoms. The summed E-state index contributed by atoms with van der Waals surface area (Å²) in [4.78, 5) is 28.3. The monoisotopic (exact) mass is 373 g/mol. The fourth-order valence-corrected chi connectivity index (χ4v) is 2.21. The van der Waals surface area contributed by atoms with Crippen molar-refractivity contribution in [2.24, 2.45) is 5.16 Å². The predicted octanol–water partition coefficient (Wildman–Crippen LogP) is 4.26. The summed E-state index contributed by atoms with van der Waals surface area (Å²) in [6, 6.07) is 17.8. The van der Waals surface area contributed by atoms with E-state index in [1.165, 1.54) is 6.21 Å². The highest BCUT2D eigenvalue weighted by atomic mass is 79.9. The van der Waals surface area contributed by atoms with Crippen molar-refractivity contribution in [2.45, 2.75) is 17.7 Å². The smallest absolute Gasteiger partial charge is 0.313 e. The third kappa shape index (κ3) is 5.79. The van der Waals surface area contributed by atoms with Gasteiger partial charge in [-0.3, -0.25) is 4.79 Å². The van der Waals surface area contributed by atoms with Gasteiger partial charge in [0.1, 0.15) is 0 Å². The van der Waals surface area contributed by atoms with Gasteiger partial charge >= 0.3 is 5.97 Å². The van der Waals surface area contributed by atoms with Crippen LogP contribution in [0.15, 0.2) is 65.8 Å². The molecule has 1 atom stereocenters. The van der Waals surface area contributed by atoms with Crippen LogP contribution in [-0.2, 0) is 4.84 Å². The Balaban J connectivity index is 1.75. The third-order valence-corrected chi connectivity index (χ3v) is 3.80. The Kier molecular flexibility index (Phi) is 6.69. The van der Waals surface area contributed by atoms with E-state index in [4.69, 9.17) is 4.84 Å². The number of oxime groups is 1. The second-order valence-corrected chi connectivity index (χ2v) is 6.02. The normalized spacial score (nSPS) is 12.0. The molecule has 0 saturated heterocycles. The minimum atomic E-state index is -0.512. The number of hydrogen-bond acceptors (Lipinski definition) is 4. The van der Waals surface area contributed by atoms with E-state index in [0.29, 0.717) is 24.0 Å². The Morgan fingerprint density at radius 3 is 2.17 bits per heavy atom. The van der Waals surface area contributed by atoms with Gasteiger partial charge in [0, 0.05) is 12.0 Å². The number of hydrogen-bond donors (Lipinski definition) is 0. The van der Waals surface area contributed by atoms with Crippen molar-refractivity contribution >= 4 is 33.9 Å². The molecule has 0 heterocycles. The molecule has 0 aliphatic rings. The van der Waals surface area contributed by atoms with Crippen molar-refractivity contribution in [2.75, 3.05) is 0 Å². The Morgan fingerprint density at radius 2 is 1.57 bits per heavy atom. The number of alkyl halides is 1. The lowest BCUT2D eigenvalue weighted by Crippen LogP contribution is -2.07. The van der Waals surface area contributed by atoms with Gasteiger partial charge in [-0.05, 0) is 18.6 Å². The van der Waals surface area contributed by atoms with Crippen LogP contribution in [0.5, 0.6) is 0 Å². The van der Waals surface area contributed by atoms with Gasteiger partial charge in [0.15, 0.2) is 5.78 Å². The van der Waals surface area contributed by atoms with Crippen LogP contribution in [0.4, 0.5) is 0 Å². The lowest BCUT2D eigenvalue weighted by atomic mass is 10.1. The summed E-state index contributed by atoms with van der Waals surface area (Å²) in [5.74, 6) is -0.438. The SMILES string of the molecule is O=C(CCC(Br)C=NOC(=O)c1ccccc1)c1ccccc1. The highest BCUT2D eigenvalue weighted by molar-refractivity contribution is 9.09. The molecule has 2 rings (SSSR count). The van der Waals surface area contributed by atoms with Crippen LogP contribution in [0.25, 0.3) is 0 Å². The number of carbonyl (C=O) groups excluding carboxylic acids is 2. The van der Waals surface area contributed by atoms with Crippen LogP contribution in [-0.4, -0.2) is 22.8 Å². The minimum absolute atomic E-state index is 0.0738. The number of ketones is 1. The van der Waals surface area contributed by atoms with Gasteiger partial charge in [0.05, 0.1) is 16.6 Å². The number of Topliss-reactive ketones (excluding diaryl/α,β-unsaturated/α-hetero) is 1. The van der Waals surface area contributed by atoms with Crippen LogP contribution in [0.3, 0.4) is 0 Å². The Morgan fingerprint density at radius 1 is 1.00 bits per heavy atom. The first-order valence-electron chi connectivity index (χ1n) is 7.19. The van der Waals surface area contributed by atoms with Gasteiger partial charge < -0.3 is 4.84 Å². The summed E-state index contributed by atoms with van der Waals surface area (Å²) in [5.41, 5.74) is 1.13. The standard InChI is InChI=1S/C18H16BrNO3/c19-16(11-12-17(21)14-7-3-1-4-8-14)13-20-23-18(22)15-9-5-2-6-10-15/h1-10,13,16H,11-12H2. The topological polar surface area (TPSA) is 55.7 Å². The zero-order valence-electron chi connectivity index (χ0n) is 12.4. The summed E-state index contributed by atoms with van der Waals surface area (Å²) >= 11 is 3.39. The largest absolute Gasteiger partial charge is 0.365 e. The van der Waals surface area contributed by atoms with Crippen LogP contribution in [0.1, 0.15) is 33.6 Å². The fraction of sp³-hybridized carbons (Fsp3) is 0.167. The molecular weight excluding hydrogens is 358 g/mol. The predicted molar refractivity (Wildman–Crippen MR) is 93.1 cm³/mol. The number of halogens is 1. The van der Waals surface area contributed by atoms with Gasteiger partial charge in [-0.1, -0.05) is 69.6 Å². The van der Waals surface area contributed by atoms with Gasteiger partial charge in [-0.2, -0.15) is 0 Å². The molecule has 1 unspecified atom stereocenters. The fourth-order valence-electron chi connectivity index (χ4n) is 1.88. The summed E-state index contributed by atoms with van der Waals surface area (Å²) in [5, 5.41) is 3.67. The number of nitrogens with zero attached hydrogens (tertiary/aromatic N) is 1. The Bertz CT molecular complexity index is 671. The average molecular weight is 374 g/mol. The Labute approximate surface area is 143 Å². The quantitative estimate of drug-likeness (QED) is 0.239. The van der Waals surface area contributed by atoms with Crippen LogP contribution >= 0.6 is 15.9 Å². The molecule has 0 bridgehead atoms. The van der Waals surface area contributed by atoms with Gasteiger partial charge in [0.2, 0.25) is 0 Å². The van der Waals surface area contributed by atoms with Crippen LogP contribution in [0, 0.1) is 0 Å². The first kappa shape index (κ1) is 17.1. The lowest BCUT2D eigenvalue weighted by molar-refractivity contribution is 0.0518. The van der Waals surface area contributed by atoms with E-state index in [9.17, 15) is 9.59 Å². The number of benzene rings is 2. The zero-order valence-corrected chi connectivity index (χ0v) is 14.0. The summed E-state index contributed by atoms with van der Waals surface area (Å²) in [6.07, 6.45) is 2.43. The van der Waals surface area contributed by atoms with Crippen LogP contribution < -0.4 is 0 Å². The highest BCUT2D eigenvalue weighted by Gasteiger charge is 2.09. The Hall–Kier alpha value is -2.27. The molecule has 0 amide bonds. The van der Waals surface area contributed by atoms with Crippen LogP contribution in [0.2, 0.25) is 0 Å². The maximum atomic E-state index is 12.0. The molecule has 0 saturated carbocycles. The first-order valence-corrected chi connectivity index (χ1v) is 8.10.